The smallest absolute Gasteiger partial charge is 0.334 e. The van der Waals surface area contributed by atoms with E-state index in [2.05, 4.69) is 0 Å². The zero-order valence-corrected chi connectivity index (χ0v) is 11.4. The minimum Gasteiger partial charge on any atom is -0.479 e. The van der Waals surface area contributed by atoms with Crippen LogP contribution < -0.4 is 0 Å². The topological polar surface area (TPSA) is 66.8 Å². The largest absolute Gasteiger partial charge is 0.479 e. The van der Waals surface area contributed by atoms with Crippen molar-refractivity contribution in [2.75, 3.05) is 26.0 Å². The number of carbonyl (C=O) groups excluding carboxylic acids is 1. The van der Waals surface area contributed by atoms with E-state index in [0.717, 1.165) is 4.90 Å². The number of benzene rings is 1. The van der Waals surface area contributed by atoms with Gasteiger partial charge in [-0.2, -0.15) is 0 Å². The van der Waals surface area contributed by atoms with Crippen LogP contribution in [0.2, 0.25) is 0 Å². The van der Waals surface area contributed by atoms with Crippen molar-refractivity contribution in [3.05, 3.63) is 29.8 Å². The second-order valence-electron chi connectivity index (χ2n) is 4.18. The quantitative estimate of drug-likeness (QED) is 0.847. The molecule has 0 bridgehead atoms. The lowest BCUT2D eigenvalue weighted by Gasteiger charge is -2.30. The van der Waals surface area contributed by atoms with Crippen molar-refractivity contribution < 1.29 is 19.4 Å². The molecule has 1 fully saturated rings. The molecule has 19 heavy (non-hydrogen) atoms. The number of nitrogens with zero attached hydrogens (tertiary/aromatic N) is 1. The van der Waals surface area contributed by atoms with Crippen LogP contribution in [0.1, 0.15) is 10.4 Å². The third-order valence-electron chi connectivity index (χ3n) is 2.97. The summed E-state index contributed by atoms with van der Waals surface area (Å²) < 4.78 is 5.10. The van der Waals surface area contributed by atoms with Gasteiger partial charge in [-0.05, 0) is 30.5 Å². The molecule has 2 rings (SSSR count). The minimum absolute atomic E-state index is 0.0957. The van der Waals surface area contributed by atoms with E-state index in [9.17, 15) is 9.59 Å². The van der Waals surface area contributed by atoms with Gasteiger partial charge >= 0.3 is 5.97 Å². The van der Waals surface area contributed by atoms with Gasteiger partial charge in [-0.15, -0.1) is 11.8 Å². The molecule has 5 nitrogen and oxygen atoms in total. The highest BCUT2D eigenvalue weighted by molar-refractivity contribution is 7.98. The van der Waals surface area contributed by atoms with Crippen molar-refractivity contribution in [2.45, 2.75) is 11.0 Å². The molecule has 1 atom stereocenters. The van der Waals surface area contributed by atoms with Gasteiger partial charge in [-0.1, -0.05) is 0 Å². The fourth-order valence-corrected chi connectivity index (χ4v) is 2.31. The third-order valence-corrected chi connectivity index (χ3v) is 3.71. The van der Waals surface area contributed by atoms with E-state index in [1.165, 1.54) is 4.90 Å². The van der Waals surface area contributed by atoms with E-state index in [-0.39, 0.29) is 19.1 Å². The summed E-state index contributed by atoms with van der Waals surface area (Å²) in [5, 5.41) is 8.91. The van der Waals surface area contributed by atoms with E-state index < -0.39 is 12.1 Å². The first kappa shape index (κ1) is 13.9. The fourth-order valence-electron chi connectivity index (χ4n) is 1.90. The van der Waals surface area contributed by atoms with Crippen molar-refractivity contribution in [1.82, 2.24) is 4.90 Å². The van der Waals surface area contributed by atoms with Gasteiger partial charge in [0, 0.05) is 17.0 Å². The summed E-state index contributed by atoms with van der Waals surface area (Å²) in [6, 6.07) is 7.29. The SMILES string of the molecule is CSc1ccc(C(=O)N2CCOC(C(=O)O)C2)cc1. The minimum atomic E-state index is -1.03. The number of ether oxygens (including phenoxy) is 1. The average Bonchev–Trinajstić information content (AvgIpc) is 2.46. The number of hydrogen-bond donors (Lipinski definition) is 1. The predicted molar refractivity (Wildman–Crippen MR) is 71.5 cm³/mol. The number of morpholine rings is 1. The summed E-state index contributed by atoms with van der Waals surface area (Å²) in [6.07, 6.45) is 1.04. The maximum atomic E-state index is 12.2. The third kappa shape index (κ3) is 3.27. The first-order valence-electron chi connectivity index (χ1n) is 5.89. The van der Waals surface area contributed by atoms with Crippen LogP contribution in [0, 0.1) is 0 Å². The maximum absolute atomic E-state index is 12.2. The predicted octanol–water partition coefficient (Wildman–Crippen LogP) is 1.33. The standard InChI is InChI=1S/C13H15NO4S/c1-19-10-4-2-9(3-5-10)12(15)14-6-7-18-11(8-14)13(16)17/h2-5,11H,6-8H2,1H3,(H,16,17). The Morgan fingerprint density at radius 3 is 2.63 bits per heavy atom. The summed E-state index contributed by atoms with van der Waals surface area (Å²) >= 11 is 1.61. The molecule has 6 heteroatoms. The molecule has 1 aromatic rings. The number of rotatable bonds is 3. The molecule has 1 aliphatic rings. The number of aliphatic carboxylic acids is 1. The highest BCUT2D eigenvalue weighted by atomic mass is 32.2. The van der Waals surface area contributed by atoms with Gasteiger partial charge in [0.05, 0.1) is 13.2 Å². The van der Waals surface area contributed by atoms with E-state index in [4.69, 9.17) is 9.84 Å². The molecule has 1 saturated heterocycles. The van der Waals surface area contributed by atoms with Gasteiger partial charge in [-0.25, -0.2) is 4.79 Å². The lowest BCUT2D eigenvalue weighted by atomic mass is 10.1. The van der Waals surface area contributed by atoms with Crippen LogP contribution in [0.15, 0.2) is 29.2 Å². The molecule has 1 amide bonds. The fraction of sp³-hybridized carbons (Fsp3) is 0.385. The molecule has 1 N–H and O–H groups in total. The van der Waals surface area contributed by atoms with Crippen molar-refractivity contribution >= 4 is 23.6 Å². The van der Waals surface area contributed by atoms with Crippen LogP contribution in [0.25, 0.3) is 0 Å². The molecule has 1 aromatic carbocycles. The van der Waals surface area contributed by atoms with Crippen LogP contribution in [0.4, 0.5) is 0 Å². The molecule has 0 spiro atoms. The van der Waals surface area contributed by atoms with Gasteiger partial charge < -0.3 is 14.7 Å². The summed E-state index contributed by atoms with van der Waals surface area (Å²) in [7, 11) is 0. The molecule has 0 aromatic heterocycles. The van der Waals surface area contributed by atoms with Crippen LogP contribution in [-0.2, 0) is 9.53 Å². The summed E-state index contributed by atoms with van der Waals surface area (Å²) in [6.45, 7) is 0.775. The van der Waals surface area contributed by atoms with Gasteiger partial charge in [0.25, 0.3) is 5.91 Å². The second-order valence-corrected chi connectivity index (χ2v) is 5.06. The number of thioether (sulfide) groups is 1. The normalized spacial score (nSPS) is 19.2. The lowest BCUT2D eigenvalue weighted by Crippen LogP contribution is -2.48. The number of amides is 1. The number of hydrogen-bond acceptors (Lipinski definition) is 4. The molecule has 0 saturated carbocycles. The Labute approximate surface area is 115 Å². The molecule has 1 aliphatic heterocycles. The van der Waals surface area contributed by atoms with E-state index >= 15 is 0 Å². The van der Waals surface area contributed by atoms with Crippen LogP contribution >= 0.6 is 11.8 Å². The molecule has 102 valence electrons. The Morgan fingerprint density at radius 2 is 2.05 bits per heavy atom. The molecule has 1 unspecified atom stereocenters. The van der Waals surface area contributed by atoms with Gasteiger partial charge in [0.2, 0.25) is 0 Å². The van der Waals surface area contributed by atoms with Crippen LogP contribution in [0.3, 0.4) is 0 Å². The number of carboxylic acids is 1. The Kier molecular flexibility index (Phi) is 4.44. The monoisotopic (exact) mass is 281 g/mol. The van der Waals surface area contributed by atoms with Crippen molar-refractivity contribution in [2.24, 2.45) is 0 Å². The summed E-state index contributed by atoms with van der Waals surface area (Å²) in [5.74, 6) is -1.18. The molecular formula is C13H15NO4S. The first-order valence-corrected chi connectivity index (χ1v) is 7.12. The second kappa shape index (κ2) is 6.08. The zero-order chi connectivity index (χ0) is 13.8. The van der Waals surface area contributed by atoms with Crippen LogP contribution in [0.5, 0.6) is 0 Å². The Bertz CT molecular complexity index is 474. The maximum Gasteiger partial charge on any atom is 0.334 e. The highest BCUT2D eigenvalue weighted by Gasteiger charge is 2.29. The zero-order valence-electron chi connectivity index (χ0n) is 10.5. The van der Waals surface area contributed by atoms with Crippen molar-refractivity contribution in [1.29, 1.82) is 0 Å². The first-order chi connectivity index (χ1) is 9.11. The van der Waals surface area contributed by atoms with E-state index in [0.29, 0.717) is 12.1 Å². The van der Waals surface area contributed by atoms with Gasteiger partial charge in [0.1, 0.15) is 0 Å². The average molecular weight is 281 g/mol. The summed E-state index contributed by atoms with van der Waals surface area (Å²) in [4.78, 5) is 25.7. The van der Waals surface area contributed by atoms with Crippen LogP contribution in [-0.4, -0.2) is 53.9 Å². The number of carboxylic acid groups (broad SMARTS) is 1. The molecule has 1 heterocycles. The molecule has 0 radical (unpaired) electrons. The van der Waals surface area contributed by atoms with Gasteiger partial charge in [-0.3, -0.25) is 4.79 Å². The highest BCUT2D eigenvalue weighted by Crippen LogP contribution is 2.17. The lowest BCUT2D eigenvalue weighted by molar-refractivity contribution is -0.154. The molecule has 0 aliphatic carbocycles. The summed E-state index contributed by atoms with van der Waals surface area (Å²) in [5.41, 5.74) is 0.573. The molecular weight excluding hydrogens is 266 g/mol. The Hall–Kier alpha value is -1.53. The van der Waals surface area contributed by atoms with E-state index in [1.807, 2.05) is 18.4 Å². The van der Waals surface area contributed by atoms with Crippen molar-refractivity contribution in [3.8, 4) is 0 Å². The van der Waals surface area contributed by atoms with E-state index in [1.54, 1.807) is 23.9 Å². The van der Waals surface area contributed by atoms with Crippen molar-refractivity contribution in [3.63, 3.8) is 0 Å². The number of carbonyl (C=O) groups is 2. The Morgan fingerprint density at radius 1 is 1.37 bits per heavy atom. The Balaban J connectivity index is 2.07. The van der Waals surface area contributed by atoms with Gasteiger partial charge in [0.15, 0.2) is 6.10 Å².